The lowest BCUT2D eigenvalue weighted by molar-refractivity contribution is -0.122. The lowest BCUT2D eigenvalue weighted by Gasteiger charge is -2.20. The first kappa shape index (κ1) is 16.5. The fraction of sp³-hybridized carbons (Fsp3) is 0.350. The van der Waals surface area contributed by atoms with Gasteiger partial charge in [-0.25, -0.2) is 4.39 Å². The maximum absolute atomic E-state index is 13.2. The molecule has 1 unspecified atom stereocenters. The van der Waals surface area contributed by atoms with Gasteiger partial charge in [0.15, 0.2) is 0 Å². The first-order valence-corrected chi connectivity index (χ1v) is 8.57. The Morgan fingerprint density at radius 3 is 2.38 bits per heavy atom. The third-order valence-corrected chi connectivity index (χ3v) is 4.19. The summed E-state index contributed by atoms with van der Waals surface area (Å²) in [4.78, 5) is 12.6. The van der Waals surface area contributed by atoms with E-state index in [2.05, 4.69) is 29.7 Å². The minimum Gasteiger partial charge on any atom is -0.370 e. The van der Waals surface area contributed by atoms with E-state index in [0.717, 1.165) is 36.9 Å². The van der Waals surface area contributed by atoms with Gasteiger partial charge in [0.1, 0.15) is 11.9 Å². The molecule has 24 heavy (non-hydrogen) atoms. The molecule has 2 N–H and O–H groups in total. The summed E-state index contributed by atoms with van der Waals surface area (Å²) in [6, 6.07) is 14.0. The summed E-state index contributed by atoms with van der Waals surface area (Å²) in [5.74, 6) is -0.370. The fourth-order valence-corrected chi connectivity index (χ4v) is 2.69. The second-order valence-corrected chi connectivity index (χ2v) is 6.36. The van der Waals surface area contributed by atoms with Gasteiger partial charge in [-0.15, -0.1) is 0 Å². The first-order chi connectivity index (χ1) is 11.7. The molecule has 2 aromatic rings. The van der Waals surface area contributed by atoms with E-state index < -0.39 is 6.04 Å². The minimum absolute atomic E-state index is 0.0678. The van der Waals surface area contributed by atoms with Crippen molar-refractivity contribution < 1.29 is 9.18 Å². The van der Waals surface area contributed by atoms with Crippen molar-refractivity contribution in [3.63, 3.8) is 0 Å². The number of carbonyl (C=O) groups is 1. The monoisotopic (exact) mass is 326 g/mol. The van der Waals surface area contributed by atoms with Crippen molar-refractivity contribution in [2.45, 2.75) is 44.7 Å². The van der Waals surface area contributed by atoms with Crippen molar-refractivity contribution in [1.82, 2.24) is 5.32 Å². The van der Waals surface area contributed by atoms with E-state index in [9.17, 15) is 9.18 Å². The number of benzene rings is 2. The normalized spacial score (nSPS) is 14.9. The van der Waals surface area contributed by atoms with Crippen LogP contribution in [-0.2, 0) is 11.2 Å². The van der Waals surface area contributed by atoms with Crippen molar-refractivity contribution in [3.05, 3.63) is 65.5 Å². The van der Waals surface area contributed by atoms with Gasteiger partial charge in [-0.2, -0.15) is 0 Å². The molecule has 0 aromatic heterocycles. The molecule has 4 heteroatoms. The Hall–Kier alpha value is -2.36. The molecule has 1 aliphatic carbocycles. The van der Waals surface area contributed by atoms with E-state index in [-0.39, 0.29) is 17.8 Å². The summed E-state index contributed by atoms with van der Waals surface area (Å²) in [6.07, 6.45) is 4.22. The van der Waals surface area contributed by atoms with Gasteiger partial charge in [0, 0.05) is 11.7 Å². The number of halogens is 1. The number of aryl methyl sites for hydroxylation is 1. The molecule has 2 aromatic carbocycles. The van der Waals surface area contributed by atoms with Crippen molar-refractivity contribution in [3.8, 4) is 0 Å². The molecule has 1 atom stereocenters. The fourth-order valence-electron chi connectivity index (χ4n) is 2.69. The zero-order valence-electron chi connectivity index (χ0n) is 13.9. The highest BCUT2D eigenvalue weighted by molar-refractivity contribution is 5.86. The smallest absolute Gasteiger partial charge is 0.247 e. The van der Waals surface area contributed by atoms with Crippen LogP contribution in [0.5, 0.6) is 0 Å². The van der Waals surface area contributed by atoms with E-state index in [0.29, 0.717) is 0 Å². The number of amides is 1. The predicted molar refractivity (Wildman–Crippen MR) is 94.4 cm³/mol. The summed E-state index contributed by atoms with van der Waals surface area (Å²) >= 11 is 0. The molecule has 0 spiro atoms. The highest BCUT2D eigenvalue weighted by Crippen LogP contribution is 2.24. The molecule has 0 bridgehead atoms. The standard InChI is InChI=1S/C20H23FN2O/c1-2-3-14-4-10-17(11-5-14)22-19(20(24)23-18-12-13-18)15-6-8-16(21)9-7-15/h4-11,18-19,22H,2-3,12-13H2,1H3,(H,23,24). The Labute approximate surface area is 142 Å². The van der Waals surface area contributed by atoms with E-state index in [1.165, 1.54) is 17.7 Å². The molecular formula is C20H23FN2O. The SMILES string of the molecule is CCCc1ccc(NC(C(=O)NC2CC2)c2ccc(F)cc2)cc1. The van der Waals surface area contributed by atoms with Crippen LogP contribution in [0.2, 0.25) is 0 Å². The van der Waals surface area contributed by atoms with Gasteiger partial charge in [0.05, 0.1) is 0 Å². The van der Waals surface area contributed by atoms with Gasteiger partial charge in [-0.3, -0.25) is 4.79 Å². The first-order valence-electron chi connectivity index (χ1n) is 8.57. The zero-order chi connectivity index (χ0) is 16.9. The van der Waals surface area contributed by atoms with Crippen LogP contribution in [0.25, 0.3) is 0 Å². The number of hydrogen-bond donors (Lipinski definition) is 2. The van der Waals surface area contributed by atoms with Crippen LogP contribution in [0.15, 0.2) is 48.5 Å². The maximum Gasteiger partial charge on any atom is 0.247 e. The number of nitrogens with one attached hydrogen (secondary N) is 2. The molecule has 3 rings (SSSR count). The molecule has 1 aliphatic rings. The molecule has 3 nitrogen and oxygen atoms in total. The van der Waals surface area contributed by atoms with Gasteiger partial charge in [0.2, 0.25) is 5.91 Å². The Bertz CT molecular complexity index is 678. The predicted octanol–water partition coefficient (Wildman–Crippen LogP) is 4.21. The summed E-state index contributed by atoms with van der Waals surface area (Å²) in [7, 11) is 0. The minimum atomic E-state index is -0.525. The number of hydrogen-bond acceptors (Lipinski definition) is 2. The summed E-state index contributed by atoms with van der Waals surface area (Å²) < 4.78 is 13.2. The van der Waals surface area contributed by atoms with E-state index in [4.69, 9.17) is 0 Å². The summed E-state index contributed by atoms with van der Waals surface area (Å²) in [5.41, 5.74) is 2.92. The van der Waals surface area contributed by atoms with Crippen LogP contribution in [-0.4, -0.2) is 11.9 Å². The third kappa shape index (κ3) is 4.34. The number of carbonyl (C=O) groups excluding carboxylic acids is 1. The van der Waals surface area contributed by atoms with Crippen LogP contribution in [0, 0.1) is 5.82 Å². The zero-order valence-corrected chi connectivity index (χ0v) is 13.9. The lowest BCUT2D eigenvalue weighted by Crippen LogP contribution is -2.34. The highest BCUT2D eigenvalue weighted by Gasteiger charge is 2.28. The number of rotatable bonds is 7. The average Bonchev–Trinajstić information content (AvgIpc) is 3.39. The van der Waals surface area contributed by atoms with Crippen LogP contribution >= 0.6 is 0 Å². The van der Waals surface area contributed by atoms with Crippen molar-refractivity contribution in [2.75, 3.05) is 5.32 Å². The van der Waals surface area contributed by atoms with Crippen LogP contribution in [0.4, 0.5) is 10.1 Å². The van der Waals surface area contributed by atoms with Crippen LogP contribution in [0.1, 0.15) is 43.4 Å². The van der Waals surface area contributed by atoms with Crippen molar-refractivity contribution in [1.29, 1.82) is 0 Å². The molecule has 0 radical (unpaired) electrons. The summed E-state index contributed by atoms with van der Waals surface area (Å²) in [6.45, 7) is 2.15. The molecule has 1 amide bonds. The quantitative estimate of drug-likeness (QED) is 0.800. The molecule has 0 aliphatic heterocycles. The maximum atomic E-state index is 13.2. The molecular weight excluding hydrogens is 303 g/mol. The molecule has 0 heterocycles. The van der Waals surface area contributed by atoms with Gasteiger partial charge in [-0.1, -0.05) is 37.6 Å². The Morgan fingerprint density at radius 2 is 1.79 bits per heavy atom. The lowest BCUT2D eigenvalue weighted by atomic mass is 10.0. The third-order valence-electron chi connectivity index (χ3n) is 4.19. The van der Waals surface area contributed by atoms with E-state index in [1.54, 1.807) is 12.1 Å². The Balaban J connectivity index is 1.77. The Morgan fingerprint density at radius 1 is 1.12 bits per heavy atom. The molecule has 0 saturated heterocycles. The second-order valence-electron chi connectivity index (χ2n) is 6.36. The second kappa shape index (κ2) is 7.47. The molecule has 126 valence electrons. The van der Waals surface area contributed by atoms with Crippen LogP contribution in [0.3, 0.4) is 0 Å². The molecule has 1 fully saturated rings. The summed E-state index contributed by atoms with van der Waals surface area (Å²) in [5, 5.41) is 6.31. The van der Waals surface area contributed by atoms with Crippen molar-refractivity contribution in [2.24, 2.45) is 0 Å². The largest absolute Gasteiger partial charge is 0.370 e. The molecule has 1 saturated carbocycles. The number of anilines is 1. The highest BCUT2D eigenvalue weighted by atomic mass is 19.1. The van der Waals surface area contributed by atoms with E-state index in [1.807, 2.05) is 12.1 Å². The van der Waals surface area contributed by atoms with Gasteiger partial charge >= 0.3 is 0 Å². The average molecular weight is 326 g/mol. The van der Waals surface area contributed by atoms with Crippen LogP contribution < -0.4 is 10.6 Å². The Kier molecular flexibility index (Phi) is 5.14. The van der Waals surface area contributed by atoms with Gasteiger partial charge in [0.25, 0.3) is 0 Å². The topological polar surface area (TPSA) is 41.1 Å². The van der Waals surface area contributed by atoms with Gasteiger partial charge < -0.3 is 10.6 Å². The van der Waals surface area contributed by atoms with E-state index >= 15 is 0 Å². The van der Waals surface area contributed by atoms with Gasteiger partial charge in [-0.05, 0) is 54.7 Å². The van der Waals surface area contributed by atoms with Crippen molar-refractivity contribution >= 4 is 11.6 Å².